The average Bonchev–Trinajstić information content (AvgIpc) is 2.16. The number of rotatable bonds is 2. The largest absolute Gasteiger partial charge is 0.480 e. The zero-order chi connectivity index (χ0) is 11.1. The van der Waals surface area contributed by atoms with Gasteiger partial charge in [0.25, 0.3) is 0 Å². The van der Waals surface area contributed by atoms with E-state index in [1.807, 2.05) is 0 Å². The van der Waals surface area contributed by atoms with Crippen LogP contribution in [-0.4, -0.2) is 54.4 Å². The molecule has 0 radical (unpaired) electrons. The van der Waals surface area contributed by atoms with Gasteiger partial charge in [-0.05, 0) is 6.54 Å². The molecule has 86 valence electrons. The van der Waals surface area contributed by atoms with Crippen LogP contribution in [0.4, 0.5) is 0 Å². The Morgan fingerprint density at radius 3 is 2.47 bits per heavy atom. The van der Waals surface area contributed by atoms with Crippen molar-refractivity contribution in [3.8, 4) is 0 Å². The third-order valence-electron chi connectivity index (χ3n) is 3.76. The minimum absolute atomic E-state index is 0.0811. The first-order chi connectivity index (χ1) is 7.09. The Kier molecular flexibility index (Phi) is 2.70. The SMILES string of the molecule is CCN1CC2COCC(C1)C2(N)C(=O)O. The second-order valence-corrected chi connectivity index (χ2v) is 4.52. The molecule has 2 unspecified atom stereocenters. The standard InChI is InChI=1S/C10H18N2O3/c1-2-12-3-7-5-15-6-8(4-12)10(7,11)9(13)14/h7-8H,2-6,11H2,1H3,(H,13,14). The van der Waals surface area contributed by atoms with E-state index in [1.54, 1.807) is 0 Å². The molecule has 15 heavy (non-hydrogen) atoms. The number of nitrogens with zero attached hydrogens (tertiary/aromatic N) is 1. The number of nitrogens with two attached hydrogens (primary N) is 1. The van der Waals surface area contributed by atoms with Crippen molar-refractivity contribution in [3.63, 3.8) is 0 Å². The van der Waals surface area contributed by atoms with Gasteiger partial charge in [-0.1, -0.05) is 6.92 Å². The van der Waals surface area contributed by atoms with Crippen LogP contribution in [0.2, 0.25) is 0 Å². The lowest BCUT2D eigenvalue weighted by Gasteiger charge is -2.50. The zero-order valence-electron chi connectivity index (χ0n) is 8.98. The van der Waals surface area contributed by atoms with Crippen molar-refractivity contribution >= 4 is 5.97 Å². The number of carboxylic acids is 1. The molecule has 2 rings (SSSR count). The number of piperidine rings is 1. The number of fused-ring (bicyclic) bond motifs is 2. The van der Waals surface area contributed by atoms with Crippen molar-refractivity contribution in [2.75, 3.05) is 32.8 Å². The van der Waals surface area contributed by atoms with Gasteiger partial charge in [-0.3, -0.25) is 4.79 Å². The van der Waals surface area contributed by atoms with Crippen LogP contribution in [0.15, 0.2) is 0 Å². The molecule has 3 N–H and O–H groups in total. The van der Waals surface area contributed by atoms with Crippen molar-refractivity contribution < 1.29 is 14.6 Å². The van der Waals surface area contributed by atoms with Crippen LogP contribution in [0, 0.1) is 11.8 Å². The first kappa shape index (κ1) is 10.9. The predicted octanol–water partition coefficient (Wildman–Crippen LogP) is -0.633. The number of ether oxygens (including phenoxy) is 1. The Morgan fingerprint density at radius 2 is 2.07 bits per heavy atom. The van der Waals surface area contributed by atoms with Crippen LogP contribution in [0.3, 0.4) is 0 Å². The summed E-state index contributed by atoms with van der Waals surface area (Å²) in [6, 6.07) is 0. The lowest BCUT2D eigenvalue weighted by Crippen LogP contribution is -2.71. The molecule has 2 aliphatic rings. The van der Waals surface area contributed by atoms with Crippen molar-refractivity contribution in [1.82, 2.24) is 4.90 Å². The molecular weight excluding hydrogens is 196 g/mol. The van der Waals surface area contributed by atoms with E-state index in [0.29, 0.717) is 13.2 Å². The Balaban J connectivity index is 2.24. The van der Waals surface area contributed by atoms with Crippen LogP contribution in [0.5, 0.6) is 0 Å². The molecule has 0 spiro atoms. The van der Waals surface area contributed by atoms with E-state index in [1.165, 1.54) is 0 Å². The van der Waals surface area contributed by atoms with Gasteiger partial charge in [0.15, 0.2) is 0 Å². The molecule has 0 aromatic heterocycles. The smallest absolute Gasteiger partial charge is 0.324 e. The minimum Gasteiger partial charge on any atom is -0.480 e. The molecular formula is C10H18N2O3. The second kappa shape index (κ2) is 3.73. The average molecular weight is 214 g/mol. The summed E-state index contributed by atoms with van der Waals surface area (Å²) in [5.41, 5.74) is 4.98. The number of likely N-dealkylation sites (tertiary alicyclic amines) is 1. The van der Waals surface area contributed by atoms with Crippen molar-refractivity contribution in [1.29, 1.82) is 0 Å². The van der Waals surface area contributed by atoms with Gasteiger partial charge in [0.2, 0.25) is 0 Å². The lowest BCUT2D eigenvalue weighted by atomic mass is 9.70. The summed E-state index contributed by atoms with van der Waals surface area (Å²) in [5, 5.41) is 9.26. The van der Waals surface area contributed by atoms with Gasteiger partial charge in [0, 0.05) is 24.9 Å². The van der Waals surface area contributed by atoms with Gasteiger partial charge >= 0.3 is 5.97 Å². The highest BCUT2D eigenvalue weighted by Crippen LogP contribution is 2.35. The van der Waals surface area contributed by atoms with Gasteiger partial charge in [-0.25, -0.2) is 0 Å². The maximum absolute atomic E-state index is 11.3. The molecule has 2 heterocycles. The number of carbonyl (C=O) groups is 1. The molecule has 5 nitrogen and oxygen atoms in total. The molecule has 2 atom stereocenters. The highest BCUT2D eigenvalue weighted by molar-refractivity contribution is 5.80. The fraction of sp³-hybridized carbons (Fsp3) is 0.900. The van der Waals surface area contributed by atoms with Crippen molar-refractivity contribution in [3.05, 3.63) is 0 Å². The quantitative estimate of drug-likeness (QED) is 0.640. The molecule has 0 aromatic rings. The topological polar surface area (TPSA) is 75.8 Å². The lowest BCUT2D eigenvalue weighted by molar-refractivity contribution is -0.165. The fourth-order valence-corrected chi connectivity index (χ4v) is 2.67. The molecule has 0 saturated carbocycles. The van der Waals surface area contributed by atoms with Crippen LogP contribution in [0.1, 0.15) is 6.92 Å². The van der Waals surface area contributed by atoms with Crippen LogP contribution in [-0.2, 0) is 9.53 Å². The number of hydrogen-bond acceptors (Lipinski definition) is 4. The Morgan fingerprint density at radius 1 is 1.53 bits per heavy atom. The molecule has 2 aliphatic heterocycles. The van der Waals surface area contributed by atoms with Crippen LogP contribution in [0.25, 0.3) is 0 Å². The number of aliphatic carboxylic acids is 1. The van der Waals surface area contributed by atoms with E-state index >= 15 is 0 Å². The van der Waals surface area contributed by atoms with Gasteiger partial charge in [0.1, 0.15) is 5.54 Å². The van der Waals surface area contributed by atoms with E-state index in [4.69, 9.17) is 10.5 Å². The van der Waals surface area contributed by atoms with E-state index in [-0.39, 0.29) is 11.8 Å². The van der Waals surface area contributed by atoms with Gasteiger partial charge in [-0.2, -0.15) is 0 Å². The first-order valence-corrected chi connectivity index (χ1v) is 5.41. The third kappa shape index (κ3) is 1.55. The highest BCUT2D eigenvalue weighted by atomic mass is 16.5. The first-order valence-electron chi connectivity index (χ1n) is 5.41. The fourth-order valence-electron chi connectivity index (χ4n) is 2.67. The maximum Gasteiger partial charge on any atom is 0.324 e. The summed E-state index contributed by atoms with van der Waals surface area (Å²) < 4.78 is 5.40. The van der Waals surface area contributed by atoms with E-state index in [9.17, 15) is 9.90 Å². The predicted molar refractivity (Wildman–Crippen MR) is 54.5 cm³/mol. The van der Waals surface area contributed by atoms with E-state index in [2.05, 4.69) is 11.8 Å². The van der Waals surface area contributed by atoms with Crippen LogP contribution < -0.4 is 5.73 Å². The molecule has 5 heteroatoms. The van der Waals surface area contributed by atoms with Crippen LogP contribution >= 0.6 is 0 Å². The summed E-state index contributed by atoms with van der Waals surface area (Å²) in [7, 11) is 0. The monoisotopic (exact) mass is 214 g/mol. The summed E-state index contributed by atoms with van der Waals surface area (Å²) in [4.78, 5) is 13.5. The summed E-state index contributed by atoms with van der Waals surface area (Å²) in [6.07, 6.45) is 0. The van der Waals surface area contributed by atoms with Gasteiger partial charge in [0.05, 0.1) is 13.2 Å². The molecule has 2 fully saturated rings. The molecule has 0 amide bonds. The Hall–Kier alpha value is -0.650. The third-order valence-corrected chi connectivity index (χ3v) is 3.76. The highest BCUT2D eigenvalue weighted by Gasteiger charge is 2.54. The number of carboxylic acid groups (broad SMARTS) is 1. The maximum atomic E-state index is 11.3. The van der Waals surface area contributed by atoms with Gasteiger partial charge < -0.3 is 20.5 Å². The molecule has 2 saturated heterocycles. The van der Waals surface area contributed by atoms with Crippen molar-refractivity contribution in [2.24, 2.45) is 17.6 Å². The second-order valence-electron chi connectivity index (χ2n) is 4.52. The normalized spacial score (nSPS) is 41.5. The summed E-state index contributed by atoms with van der Waals surface area (Å²) >= 11 is 0. The number of hydrogen-bond donors (Lipinski definition) is 2. The molecule has 0 aliphatic carbocycles. The van der Waals surface area contributed by atoms with Gasteiger partial charge in [-0.15, -0.1) is 0 Å². The van der Waals surface area contributed by atoms with E-state index in [0.717, 1.165) is 19.6 Å². The van der Waals surface area contributed by atoms with Crippen molar-refractivity contribution in [2.45, 2.75) is 12.5 Å². The minimum atomic E-state index is -1.08. The van der Waals surface area contributed by atoms with E-state index < -0.39 is 11.5 Å². The summed E-state index contributed by atoms with van der Waals surface area (Å²) in [5.74, 6) is -1.04. The Bertz CT molecular complexity index is 255. The molecule has 2 bridgehead atoms. The zero-order valence-corrected chi connectivity index (χ0v) is 8.98. The Labute approximate surface area is 89.2 Å². The summed E-state index contributed by atoms with van der Waals surface area (Å²) in [6.45, 7) is 5.43. The molecule has 0 aromatic carbocycles.